The number of hydrogen-bond donors (Lipinski definition) is 2. The van der Waals surface area contributed by atoms with E-state index in [0.29, 0.717) is 16.0 Å². The third-order valence-electron chi connectivity index (χ3n) is 3.84. The van der Waals surface area contributed by atoms with Crippen LogP contribution in [0.2, 0.25) is 5.02 Å². The van der Waals surface area contributed by atoms with E-state index in [4.69, 9.17) is 17.4 Å². The minimum atomic E-state index is -0.150. The summed E-state index contributed by atoms with van der Waals surface area (Å²) in [5.74, 6) is 6.68. The number of aromatic nitrogens is 3. The van der Waals surface area contributed by atoms with Crippen molar-refractivity contribution >= 4 is 45.2 Å². The molecule has 6 nitrogen and oxygen atoms in total. The van der Waals surface area contributed by atoms with E-state index in [2.05, 4.69) is 31.4 Å². The van der Waals surface area contributed by atoms with Crippen LogP contribution < -0.4 is 11.2 Å². The van der Waals surface area contributed by atoms with E-state index in [1.54, 1.807) is 6.07 Å². The normalized spacial score (nSPS) is 12.0. The second kappa shape index (κ2) is 8.77. The summed E-state index contributed by atoms with van der Waals surface area (Å²) in [6.07, 6.45) is 0. The summed E-state index contributed by atoms with van der Waals surface area (Å²) in [5, 5.41) is 12.3. The summed E-state index contributed by atoms with van der Waals surface area (Å²) < 4.78 is 2.26. The van der Waals surface area contributed by atoms with E-state index in [1.165, 1.54) is 16.4 Å². The average Bonchev–Trinajstić information content (AvgIpc) is 3.01. The Morgan fingerprint density at radius 3 is 2.81 bits per heavy atom. The maximum atomic E-state index is 12.3. The number of carbonyl (C=O) groups excluding carboxylic acids is 1. The molecule has 27 heavy (non-hydrogen) atoms. The molecule has 0 aliphatic heterocycles. The minimum absolute atomic E-state index is 0.127. The second-order valence-electron chi connectivity index (χ2n) is 5.79. The smallest absolute Gasteiger partial charge is 0.230 e. The van der Waals surface area contributed by atoms with Gasteiger partial charge in [-0.25, -0.2) is 4.68 Å². The number of nitrogens with zero attached hydrogens (tertiary/aromatic N) is 3. The van der Waals surface area contributed by atoms with Gasteiger partial charge in [0, 0.05) is 15.1 Å². The maximum Gasteiger partial charge on any atom is 0.230 e. The molecule has 0 spiro atoms. The number of nitrogens with two attached hydrogens (primary N) is 1. The van der Waals surface area contributed by atoms with Crippen LogP contribution in [0.25, 0.3) is 11.4 Å². The van der Waals surface area contributed by atoms with E-state index in [-0.39, 0.29) is 17.7 Å². The molecular weight excluding hydrogens is 450 g/mol. The van der Waals surface area contributed by atoms with Gasteiger partial charge in [-0.3, -0.25) is 4.79 Å². The molecule has 2 aromatic carbocycles. The van der Waals surface area contributed by atoms with Crippen molar-refractivity contribution in [3.63, 3.8) is 0 Å². The Kier molecular flexibility index (Phi) is 6.41. The lowest BCUT2D eigenvalue weighted by Crippen LogP contribution is -2.28. The fraction of sp³-hybridized carbons (Fsp3) is 0.167. The lowest BCUT2D eigenvalue weighted by molar-refractivity contribution is -0.119. The van der Waals surface area contributed by atoms with Crippen LogP contribution in [0.5, 0.6) is 0 Å². The van der Waals surface area contributed by atoms with Crippen molar-refractivity contribution in [3.05, 3.63) is 63.6 Å². The average molecular weight is 467 g/mol. The van der Waals surface area contributed by atoms with Gasteiger partial charge in [0.2, 0.25) is 11.1 Å². The van der Waals surface area contributed by atoms with Crippen LogP contribution in [0, 0.1) is 0 Å². The first kappa shape index (κ1) is 19.7. The van der Waals surface area contributed by atoms with Gasteiger partial charge >= 0.3 is 0 Å². The zero-order chi connectivity index (χ0) is 19.4. The molecule has 0 radical (unpaired) electrons. The van der Waals surface area contributed by atoms with Crippen molar-refractivity contribution in [1.82, 2.24) is 20.2 Å². The molecule has 3 rings (SSSR count). The number of amides is 1. The standard InChI is InChI=1S/C18H17BrClN5OS/c1-11(12-5-4-6-13(20)9-12)22-16(26)10-27-18-24-23-17(25(18)21)14-7-2-3-8-15(14)19/h2-9,11H,10,21H2,1H3,(H,22,26). The quantitative estimate of drug-likeness (QED) is 0.423. The lowest BCUT2D eigenvalue weighted by atomic mass is 10.1. The first-order chi connectivity index (χ1) is 13.0. The number of thioether (sulfide) groups is 1. The molecule has 0 bridgehead atoms. The van der Waals surface area contributed by atoms with Gasteiger partial charge in [0.15, 0.2) is 5.82 Å². The van der Waals surface area contributed by atoms with Gasteiger partial charge in [-0.15, -0.1) is 10.2 Å². The molecule has 0 saturated carbocycles. The highest BCUT2D eigenvalue weighted by molar-refractivity contribution is 9.10. The number of carbonyl (C=O) groups is 1. The highest BCUT2D eigenvalue weighted by Crippen LogP contribution is 2.28. The van der Waals surface area contributed by atoms with Crippen LogP contribution in [-0.4, -0.2) is 26.5 Å². The first-order valence-corrected chi connectivity index (χ1v) is 10.2. The fourth-order valence-electron chi connectivity index (χ4n) is 2.47. The van der Waals surface area contributed by atoms with Gasteiger partial charge in [-0.1, -0.05) is 63.6 Å². The summed E-state index contributed by atoms with van der Waals surface area (Å²) >= 11 is 10.7. The molecule has 1 heterocycles. The monoisotopic (exact) mass is 465 g/mol. The van der Waals surface area contributed by atoms with Gasteiger partial charge in [0.05, 0.1) is 11.8 Å². The largest absolute Gasteiger partial charge is 0.349 e. The van der Waals surface area contributed by atoms with Gasteiger partial charge in [-0.2, -0.15) is 0 Å². The van der Waals surface area contributed by atoms with Crippen LogP contribution in [0.4, 0.5) is 0 Å². The lowest BCUT2D eigenvalue weighted by Gasteiger charge is -2.14. The van der Waals surface area contributed by atoms with E-state index in [0.717, 1.165) is 15.6 Å². The van der Waals surface area contributed by atoms with Crippen molar-refractivity contribution in [1.29, 1.82) is 0 Å². The van der Waals surface area contributed by atoms with Crippen molar-refractivity contribution in [2.45, 2.75) is 18.1 Å². The van der Waals surface area contributed by atoms with Gasteiger partial charge in [-0.05, 0) is 36.8 Å². The number of nitrogens with one attached hydrogen (secondary N) is 1. The molecule has 0 fully saturated rings. The molecule has 0 saturated heterocycles. The summed E-state index contributed by atoms with van der Waals surface area (Å²) in [4.78, 5) is 12.3. The Morgan fingerprint density at radius 2 is 2.07 bits per heavy atom. The molecule has 1 amide bonds. The topological polar surface area (TPSA) is 85.8 Å². The molecule has 0 aliphatic carbocycles. The predicted octanol–water partition coefficient (Wildman–Crippen LogP) is 4.04. The first-order valence-electron chi connectivity index (χ1n) is 8.08. The third-order valence-corrected chi connectivity index (χ3v) is 5.71. The van der Waals surface area contributed by atoms with E-state index in [9.17, 15) is 4.79 Å². The Bertz CT molecular complexity index is 964. The summed E-state index contributed by atoms with van der Waals surface area (Å²) in [5.41, 5.74) is 1.78. The van der Waals surface area contributed by atoms with Crippen LogP contribution in [-0.2, 0) is 4.79 Å². The number of hydrogen-bond acceptors (Lipinski definition) is 5. The Labute approximate surface area is 174 Å². The Balaban J connectivity index is 1.62. The van der Waals surface area contributed by atoms with Crippen molar-refractivity contribution in [3.8, 4) is 11.4 Å². The second-order valence-corrected chi connectivity index (χ2v) is 8.02. The Hall–Kier alpha value is -2.03. The van der Waals surface area contributed by atoms with Crippen LogP contribution in [0.3, 0.4) is 0 Å². The highest BCUT2D eigenvalue weighted by Gasteiger charge is 2.16. The zero-order valence-corrected chi connectivity index (χ0v) is 17.6. The van der Waals surface area contributed by atoms with Crippen molar-refractivity contribution in [2.75, 3.05) is 11.6 Å². The fourth-order valence-corrected chi connectivity index (χ4v) is 3.80. The van der Waals surface area contributed by atoms with E-state index >= 15 is 0 Å². The molecule has 1 atom stereocenters. The zero-order valence-electron chi connectivity index (χ0n) is 14.4. The predicted molar refractivity (Wildman–Crippen MR) is 112 cm³/mol. The molecule has 9 heteroatoms. The molecule has 1 aromatic heterocycles. The molecule has 140 valence electrons. The molecular formula is C18H17BrClN5OS. The highest BCUT2D eigenvalue weighted by atomic mass is 79.9. The molecule has 0 aliphatic rings. The van der Waals surface area contributed by atoms with E-state index in [1.807, 2.05) is 49.4 Å². The molecule has 3 N–H and O–H groups in total. The van der Waals surface area contributed by atoms with Crippen LogP contribution >= 0.6 is 39.3 Å². The summed E-state index contributed by atoms with van der Waals surface area (Å²) in [7, 11) is 0. The van der Waals surface area contributed by atoms with Crippen molar-refractivity contribution in [2.24, 2.45) is 0 Å². The molecule has 3 aromatic rings. The third kappa shape index (κ3) is 4.82. The van der Waals surface area contributed by atoms with Crippen LogP contribution in [0.1, 0.15) is 18.5 Å². The number of benzene rings is 2. The minimum Gasteiger partial charge on any atom is -0.349 e. The summed E-state index contributed by atoms with van der Waals surface area (Å²) in [6.45, 7) is 1.91. The SMILES string of the molecule is CC(NC(=O)CSc1nnc(-c2ccccc2Br)n1N)c1cccc(Cl)c1. The maximum absolute atomic E-state index is 12.3. The number of rotatable bonds is 6. The van der Waals surface area contributed by atoms with Gasteiger partial charge in [0.25, 0.3) is 0 Å². The number of halogens is 2. The summed E-state index contributed by atoms with van der Waals surface area (Å²) in [6, 6.07) is 14.9. The van der Waals surface area contributed by atoms with Gasteiger partial charge in [0.1, 0.15) is 0 Å². The van der Waals surface area contributed by atoms with Crippen LogP contribution in [0.15, 0.2) is 58.2 Å². The molecule has 1 unspecified atom stereocenters. The van der Waals surface area contributed by atoms with Gasteiger partial charge < -0.3 is 11.2 Å². The number of nitrogen functional groups attached to an aromatic ring is 1. The Morgan fingerprint density at radius 1 is 1.30 bits per heavy atom. The van der Waals surface area contributed by atoms with Crippen molar-refractivity contribution < 1.29 is 4.79 Å². The van der Waals surface area contributed by atoms with E-state index < -0.39 is 0 Å².